The number of carbonyl (C=O) groups is 1. The van der Waals surface area contributed by atoms with Gasteiger partial charge in [-0.15, -0.1) is 0 Å². The van der Waals surface area contributed by atoms with Crippen LogP contribution in [0, 0.1) is 5.92 Å². The lowest BCUT2D eigenvalue weighted by molar-refractivity contribution is -0.132. The predicted octanol–water partition coefficient (Wildman–Crippen LogP) is 1.64. The van der Waals surface area contributed by atoms with E-state index in [0.717, 1.165) is 11.3 Å². The third-order valence-corrected chi connectivity index (χ3v) is 2.98. The summed E-state index contributed by atoms with van der Waals surface area (Å²) in [5.41, 5.74) is 6.84. The molecule has 0 saturated carbocycles. The SMILES string of the molecule is COc1ccccc1CN(C)C(=O)[C@H](N)C(C)C. The number of benzene rings is 1. The van der Waals surface area contributed by atoms with Crippen LogP contribution in [0.15, 0.2) is 24.3 Å². The van der Waals surface area contributed by atoms with Gasteiger partial charge in [0.2, 0.25) is 5.91 Å². The van der Waals surface area contributed by atoms with Gasteiger partial charge >= 0.3 is 0 Å². The Kier molecular flexibility index (Phi) is 5.16. The van der Waals surface area contributed by atoms with Crippen LogP contribution in [0.25, 0.3) is 0 Å². The lowest BCUT2D eigenvalue weighted by atomic mass is 10.0. The Hall–Kier alpha value is -1.55. The van der Waals surface area contributed by atoms with Gasteiger partial charge in [0.05, 0.1) is 13.2 Å². The minimum atomic E-state index is -0.454. The summed E-state index contributed by atoms with van der Waals surface area (Å²) in [5, 5.41) is 0. The zero-order chi connectivity index (χ0) is 13.7. The molecule has 0 unspecified atom stereocenters. The predicted molar refractivity (Wildman–Crippen MR) is 72.3 cm³/mol. The lowest BCUT2D eigenvalue weighted by Gasteiger charge is -2.24. The smallest absolute Gasteiger partial charge is 0.239 e. The van der Waals surface area contributed by atoms with E-state index < -0.39 is 6.04 Å². The monoisotopic (exact) mass is 250 g/mol. The molecule has 18 heavy (non-hydrogen) atoms. The van der Waals surface area contributed by atoms with Crippen LogP contribution in [0.1, 0.15) is 19.4 Å². The topological polar surface area (TPSA) is 55.6 Å². The summed E-state index contributed by atoms with van der Waals surface area (Å²) in [6, 6.07) is 7.21. The zero-order valence-corrected chi connectivity index (χ0v) is 11.5. The minimum Gasteiger partial charge on any atom is -0.496 e. The first kappa shape index (κ1) is 14.5. The number of methoxy groups -OCH3 is 1. The van der Waals surface area contributed by atoms with Gasteiger partial charge < -0.3 is 15.4 Å². The fourth-order valence-electron chi connectivity index (χ4n) is 1.71. The molecular weight excluding hydrogens is 228 g/mol. The Labute approximate surface area is 109 Å². The summed E-state index contributed by atoms with van der Waals surface area (Å²) >= 11 is 0. The lowest BCUT2D eigenvalue weighted by Crippen LogP contribution is -2.44. The number of hydrogen-bond acceptors (Lipinski definition) is 3. The van der Waals surface area contributed by atoms with Crippen LogP contribution >= 0.6 is 0 Å². The number of carbonyl (C=O) groups excluding carboxylic acids is 1. The van der Waals surface area contributed by atoms with Crippen molar-refractivity contribution in [2.24, 2.45) is 11.7 Å². The number of nitrogens with zero attached hydrogens (tertiary/aromatic N) is 1. The maximum Gasteiger partial charge on any atom is 0.239 e. The second kappa shape index (κ2) is 6.40. The number of rotatable bonds is 5. The number of likely N-dealkylation sites (N-methyl/N-ethyl adjacent to an activating group) is 1. The number of ether oxygens (including phenoxy) is 1. The average molecular weight is 250 g/mol. The molecular formula is C14H22N2O2. The summed E-state index contributed by atoms with van der Waals surface area (Å²) in [4.78, 5) is 13.7. The highest BCUT2D eigenvalue weighted by atomic mass is 16.5. The number of amides is 1. The van der Waals surface area contributed by atoms with Crippen LogP contribution in [0.2, 0.25) is 0 Å². The summed E-state index contributed by atoms with van der Waals surface area (Å²) in [6.07, 6.45) is 0. The van der Waals surface area contributed by atoms with E-state index in [1.54, 1.807) is 19.1 Å². The molecule has 4 nitrogen and oxygen atoms in total. The maximum absolute atomic E-state index is 12.0. The summed E-state index contributed by atoms with van der Waals surface area (Å²) in [7, 11) is 3.39. The van der Waals surface area contributed by atoms with Crippen molar-refractivity contribution < 1.29 is 9.53 Å². The summed E-state index contributed by atoms with van der Waals surface area (Å²) in [5.74, 6) is 0.879. The van der Waals surface area contributed by atoms with Crippen molar-refractivity contribution in [3.8, 4) is 5.75 Å². The van der Waals surface area contributed by atoms with Crippen molar-refractivity contribution in [3.63, 3.8) is 0 Å². The van der Waals surface area contributed by atoms with E-state index in [4.69, 9.17) is 10.5 Å². The molecule has 0 radical (unpaired) electrons. The highest BCUT2D eigenvalue weighted by molar-refractivity contribution is 5.81. The van der Waals surface area contributed by atoms with E-state index in [2.05, 4.69) is 0 Å². The second-order valence-electron chi connectivity index (χ2n) is 4.78. The molecule has 0 heterocycles. The van der Waals surface area contributed by atoms with Gasteiger partial charge in [0.25, 0.3) is 0 Å². The first-order chi connectivity index (χ1) is 8.47. The first-order valence-electron chi connectivity index (χ1n) is 6.09. The zero-order valence-electron chi connectivity index (χ0n) is 11.5. The molecule has 1 aromatic rings. The Morgan fingerprint density at radius 1 is 1.39 bits per heavy atom. The molecule has 0 fully saturated rings. The van der Waals surface area contributed by atoms with E-state index in [1.165, 1.54) is 0 Å². The fraction of sp³-hybridized carbons (Fsp3) is 0.500. The van der Waals surface area contributed by atoms with Gasteiger partial charge in [-0.3, -0.25) is 4.79 Å². The van der Waals surface area contributed by atoms with Crippen LogP contribution in [0.3, 0.4) is 0 Å². The van der Waals surface area contributed by atoms with Gasteiger partial charge in [-0.05, 0) is 12.0 Å². The molecule has 1 aromatic carbocycles. The Balaban J connectivity index is 2.75. The third kappa shape index (κ3) is 3.47. The molecule has 1 rings (SSSR count). The van der Waals surface area contributed by atoms with Crippen molar-refractivity contribution in [2.75, 3.05) is 14.2 Å². The van der Waals surface area contributed by atoms with Gasteiger partial charge in [-0.2, -0.15) is 0 Å². The van der Waals surface area contributed by atoms with Crippen LogP contribution in [-0.2, 0) is 11.3 Å². The van der Waals surface area contributed by atoms with Crippen LogP contribution in [0.4, 0.5) is 0 Å². The quantitative estimate of drug-likeness (QED) is 0.864. The van der Waals surface area contributed by atoms with Gasteiger partial charge in [-0.25, -0.2) is 0 Å². The fourth-order valence-corrected chi connectivity index (χ4v) is 1.71. The van der Waals surface area contributed by atoms with Gasteiger partial charge in [0.1, 0.15) is 5.75 Å². The van der Waals surface area contributed by atoms with E-state index in [-0.39, 0.29) is 11.8 Å². The standard InChI is InChI=1S/C14H22N2O2/c1-10(2)13(15)14(17)16(3)9-11-7-5-6-8-12(11)18-4/h5-8,10,13H,9,15H2,1-4H3/t13-/m1/s1. The molecule has 0 aliphatic carbocycles. The van der Waals surface area contributed by atoms with E-state index in [9.17, 15) is 4.79 Å². The molecule has 0 aliphatic heterocycles. The molecule has 1 amide bonds. The van der Waals surface area contributed by atoms with E-state index in [1.807, 2.05) is 38.1 Å². The van der Waals surface area contributed by atoms with Gasteiger partial charge in [0, 0.05) is 19.2 Å². The highest BCUT2D eigenvalue weighted by Crippen LogP contribution is 2.19. The van der Waals surface area contributed by atoms with Gasteiger partial charge in [0.15, 0.2) is 0 Å². The average Bonchev–Trinajstić information content (AvgIpc) is 2.37. The minimum absolute atomic E-state index is 0.0455. The van der Waals surface area contributed by atoms with E-state index >= 15 is 0 Å². The molecule has 0 saturated heterocycles. The molecule has 100 valence electrons. The molecule has 0 aromatic heterocycles. The van der Waals surface area contributed by atoms with Crippen LogP contribution in [0.5, 0.6) is 5.75 Å². The van der Waals surface area contributed by atoms with Crippen LogP contribution in [-0.4, -0.2) is 31.0 Å². The van der Waals surface area contributed by atoms with Crippen molar-refractivity contribution in [3.05, 3.63) is 29.8 Å². The number of nitrogens with two attached hydrogens (primary N) is 1. The Bertz CT molecular complexity index is 405. The molecule has 1 atom stereocenters. The van der Waals surface area contributed by atoms with Crippen molar-refractivity contribution in [1.29, 1.82) is 0 Å². The normalized spacial score (nSPS) is 12.3. The van der Waals surface area contributed by atoms with E-state index in [0.29, 0.717) is 6.54 Å². The number of para-hydroxylation sites is 1. The molecule has 2 N–H and O–H groups in total. The Morgan fingerprint density at radius 3 is 2.56 bits per heavy atom. The third-order valence-electron chi connectivity index (χ3n) is 2.98. The molecule has 0 bridgehead atoms. The Morgan fingerprint density at radius 2 is 2.00 bits per heavy atom. The molecule has 0 aliphatic rings. The van der Waals surface area contributed by atoms with Crippen molar-refractivity contribution in [1.82, 2.24) is 4.90 Å². The van der Waals surface area contributed by atoms with Crippen molar-refractivity contribution in [2.45, 2.75) is 26.4 Å². The summed E-state index contributed by atoms with van der Waals surface area (Å²) < 4.78 is 5.26. The highest BCUT2D eigenvalue weighted by Gasteiger charge is 2.21. The second-order valence-corrected chi connectivity index (χ2v) is 4.78. The number of hydrogen-bond donors (Lipinski definition) is 1. The summed E-state index contributed by atoms with van der Waals surface area (Å²) in [6.45, 7) is 4.39. The molecule has 0 spiro atoms. The maximum atomic E-state index is 12.0. The largest absolute Gasteiger partial charge is 0.496 e. The molecule has 4 heteroatoms. The van der Waals surface area contributed by atoms with Crippen molar-refractivity contribution >= 4 is 5.91 Å². The van der Waals surface area contributed by atoms with Gasteiger partial charge in [-0.1, -0.05) is 32.0 Å². The van der Waals surface area contributed by atoms with Crippen LogP contribution < -0.4 is 10.5 Å². The first-order valence-corrected chi connectivity index (χ1v) is 6.09.